The third-order valence-corrected chi connectivity index (χ3v) is 19.3. The van der Waals surface area contributed by atoms with Crippen LogP contribution in [0.5, 0.6) is 0 Å². The number of aliphatic hydroxyl groups is 11. The summed E-state index contributed by atoms with van der Waals surface area (Å²) in [5, 5.41) is 129. The SMILES string of the molecule is C[C@@H]1O[C@@H](O[C@@H]2[C@@H](O)[C@H](O[C@H]3[C@@H](O)C[C@@]4(C)[C@@H](CC[C@]5(C)[C@@H]4CC=C4[C@@H]6CC(C)(C)CC[C@]6(C(=O)O[C@@H]6O[C@H](CO)[C@@H](O)[C@H](O)[C@H]6O)CC[C@]45C)[C@]3(C)CO)O[C@H](C(=O)O)[C@H]2O)[C@H](O)[C@H](O)[C@H]1O. The highest BCUT2D eigenvalue weighted by atomic mass is 16.7. The second kappa shape index (κ2) is 18.2. The van der Waals surface area contributed by atoms with Gasteiger partial charge in [-0.1, -0.05) is 53.2 Å². The van der Waals surface area contributed by atoms with E-state index < -0.39 is 151 Å². The van der Waals surface area contributed by atoms with E-state index in [4.69, 9.17) is 28.4 Å². The van der Waals surface area contributed by atoms with Gasteiger partial charge in [-0.2, -0.15) is 0 Å². The van der Waals surface area contributed by atoms with Crippen LogP contribution in [0, 0.1) is 50.2 Å². The highest BCUT2D eigenvalue weighted by Crippen LogP contribution is 2.76. The van der Waals surface area contributed by atoms with Crippen molar-refractivity contribution < 1.29 is 99.3 Å². The molecule has 20 heteroatoms. The molecule has 0 aromatic rings. The number of rotatable bonds is 9. The van der Waals surface area contributed by atoms with E-state index in [1.165, 1.54) is 6.92 Å². The third kappa shape index (κ3) is 7.94. The fraction of sp³-hybridized carbons (Fsp3) is 0.917. The van der Waals surface area contributed by atoms with Crippen molar-refractivity contribution in [3.8, 4) is 0 Å². The molecule has 25 atom stereocenters. The van der Waals surface area contributed by atoms with Gasteiger partial charge in [-0.05, 0) is 104 Å². The van der Waals surface area contributed by atoms with E-state index >= 15 is 0 Å². The van der Waals surface area contributed by atoms with Crippen molar-refractivity contribution in [3.05, 3.63) is 11.6 Å². The summed E-state index contributed by atoms with van der Waals surface area (Å²) in [7, 11) is 0. The van der Waals surface area contributed by atoms with Gasteiger partial charge in [0.15, 0.2) is 18.7 Å². The lowest BCUT2D eigenvalue weighted by molar-refractivity contribution is -0.369. The summed E-state index contributed by atoms with van der Waals surface area (Å²) in [6, 6.07) is 0. The summed E-state index contributed by atoms with van der Waals surface area (Å²) >= 11 is 0. The second-order valence-electron chi connectivity index (χ2n) is 23.5. The molecule has 8 aliphatic rings. The highest BCUT2D eigenvalue weighted by Gasteiger charge is 2.72. The van der Waals surface area contributed by atoms with E-state index in [0.29, 0.717) is 44.9 Å². The minimum Gasteiger partial charge on any atom is -0.479 e. The quantitative estimate of drug-likeness (QED) is 0.0765. The zero-order valence-corrected chi connectivity index (χ0v) is 40.0. The van der Waals surface area contributed by atoms with Gasteiger partial charge in [-0.25, -0.2) is 4.79 Å². The average molecular weight is 973 g/mol. The van der Waals surface area contributed by atoms with Gasteiger partial charge in [0.25, 0.3) is 0 Å². The molecule has 0 bridgehead atoms. The molecule has 7 fully saturated rings. The van der Waals surface area contributed by atoms with Crippen LogP contribution in [0.15, 0.2) is 11.6 Å². The summed E-state index contributed by atoms with van der Waals surface area (Å²) < 4.78 is 35.0. The molecule has 388 valence electrons. The van der Waals surface area contributed by atoms with Gasteiger partial charge >= 0.3 is 11.9 Å². The number of fused-ring (bicyclic) bond motifs is 7. The Kier molecular flexibility index (Phi) is 14.0. The highest BCUT2D eigenvalue weighted by molar-refractivity contribution is 5.79. The van der Waals surface area contributed by atoms with E-state index in [1.807, 2.05) is 0 Å². The van der Waals surface area contributed by atoms with E-state index in [0.717, 1.165) is 12.0 Å². The minimum absolute atomic E-state index is 0.0480. The van der Waals surface area contributed by atoms with E-state index in [-0.39, 0.29) is 35.0 Å². The molecule has 5 aliphatic carbocycles. The standard InChI is InChI=1S/C48H76O20/c1-20-27(52)29(54)31(56)39(63-20)65-35-33(58)36(38(60)61)66-41(34(35)59)67-37-23(51)17-44(4)25(45(37,5)19-50)10-11-47(7)26(44)9-8-21-22-16-43(2,3)12-14-48(22,15-13-46(21,47)6)42(62)68-40-32(57)30(55)28(53)24(18-49)64-40/h8,20,22-37,39-41,49-59H,9-19H2,1-7H3,(H,60,61)/t20-,22-,23-,24+,25+,26+,27-,28+,29+,30-,31+,32+,33-,34+,35-,36-,37-,39-,40-,41-,44-,45-,46+,47+,48-/m0/s1. The Balaban J connectivity index is 1.06. The Morgan fingerprint density at radius 1 is 0.691 bits per heavy atom. The number of esters is 1. The third-order valence-electron chi connectivity index (χ3n) is 19.3. The van der Waals surface area contributed by atoms with Crippen molar-refractivity contribution in [2.24, 2.45) is 50.2 Å². The van der Waals surface area contributed by atoms with Crippen molar-refractivity contribution in [1.82, 2.24) is 0 Å². The lowest BCUT2D eigenvalue weighted by atomic mass is 9.33. The maximum Gasteiger partial charge on any atom is 0.335 e. The van der Waals surface area contributed by atoms with Crippen LogP contribution in [-0.2, 0) is 38.0 Å². The summed E-state index contributed by atoms with van der Waals surface area (Å²) in [6.07, 6.45) is -20.6. The number of aliphatic carboxylic acids is 1. The zero-order valence-electron chi connectivity index (χ0n) is 40.0. The zero-order chi connectivity index (χ0) is 50.0. The van der Waals surface area contributed by atoms with Crippen LogP contribution in [0.4, 0.5) is 0 Å². The second-order valence-corrected chi connectivity index (χ2v) is 23.5. The summed E-state index contributed by atoms with van der Waals surface area (Å²) in [4.78, 5) is 27.1. The molecule has 3 saturated heterocycles. The first-order valence-corrected chi connectivity index (χ1v) is 24.4. The number of carboxylic acid groups (broad SMARTS) is 1. The van der Waals surface area contributed by atoms with Crippen LogP contribution >= 0.6 is 0 Å². The van der Waals surface area contributed by atoms with Crippen molar-refractivity contribution in [2.45, 2.75) is 211 Å². The molecule has 68 heavy (non-hydrogen) atoms. The van der Waals surface area contributed by atoms with E-state index in [2.05, 4.69) is 40.7 Å². The molecule has 3 heterocycles. The molecule has 0 aromatic heterocycles. The Morgan fingerprint density at radius 2 is 1.32 bits per heavy atom. The van der Waals surface area contributed by atoms with Crippen LogP contribution in [0.25, 0.3) is 0 Å². The number of hydrogen-bond donors (Lipinski definition) is 12. The van der Waals surface area contributed by atoms with Crippen LogP contribution in [-0.4, -0.2) is 191 Å². The van der Waals surface area contributed by atoms with Crippen molar-refractivity contribution >= 4 is 11.9 Å². The maximum absolute atomic E-state index is 14.7. The van der Waals surface area contributed by atoms with Crippen LogP contribution in [0.3, 0.4) is 0 Å². The number of aliphatic hydroxyl groups excluding tert-OH is 11. The predicted molar refractivity (Wildman–Crippen MR) is 232 cm³/mol. The molecule has 0 unspecified atom stereocenters. The normalized spacial score (nSPS) is 54.5. The Morgan fingerprint density at radius 3 is 1.97 bits per heavy atom. The van der Waals surface area contributed by atoms with Gasteiger partial charge in [-0.3, -0.25) is 4.79 Å². The van der Waals surface area contributed by atoms with Crippen molar-refractivity contribution in [2.75, 3.05) is 13.2 Å². The molecule has 0 spiro atoms. The monoisotopic (exact) mass is 972 g/mol. The fourth-order valence-electron chi connectivity index (χ4n) is 15.1. The van der Waals surface area contributed by atoms with Gasteiger partial charge in [0.2, 0.25) is 6.29 Å². The lowest BCUT2D eigenvalue weighted by Crippen LogP contribution is -2.70. The van der Waals surface area contributed by atoms with Gasteiger partial charge < -0.3 is 89.7 Å². The fourth-order valence-corrected chi connectivity index (χ4v) is 15.1. The van der Waals surface area contributed by atoms with Gasteiger partial charge in [0, 0.05) is 5.41 Å². The number of carbonyl (C=O) groups is 2. The average Bonchev–Trinajstić information content (AvgIpc) is 3.27. The maximum atomic E-state index is 14.7. The van der Waals surface area contributed by atoms with Gasteiger partial charge in [-0.15, -0.1) is 0 Å². The smallest absolute Gasteiger partial charge is 0.335 e. The number of carbonyl (C=O) groups excluding carboxylic acids is 1. The van der Waals surface area contributed by atoms with Gasteiger partial charge in [0.05, 0.1) is 36.9 Å². The summed E-state index contributed by atoms with van der Waals surface area (Å²) in [5.74, 6) is -2.78. The Hall–Kier alpha value is -1.96. The van der Waals surface area contributed by atoms with Crippen LogP contribution in [0.2, 0.25) is 0 Å². The van der Waals surface area contributed by atoms with Crippen LogP contribution in [0.1, 0.15) is 106 Å². The Labute approximate surface area is 396 Å². The number of carboxylic acids is 1. The first-order chi connectivity index (χ1) is 31.7. The molecular formula is C48H76O20. The molecule has 3 aliphatic heterocycles. The molecule has 20 nitrogen and oxygen atoms in total. The van der Waals surface area contributed by atoms with Crippen molar-refractivity contribution in [3.63, 3.8) is 0 Å². The number of allylic oxidation sites excluding steroid dienone is 2. The molecule has 0 aromatic carbocycles. The predicted octanol–water partition coefficient (Wildman–Crippen LogP) is -0.796. The lowest BCUT2D eigenvalue weighted by Gasteiger charge is -2.72. The number of ether oxygens (including phenoxy) is 6. The molecular weight excluding hydrogens is 897 g/mol. The first kappa shape index (κ1) is 52.4. The Bertz CT molecular complexity index is 1920. The topological polar surface area (TPSA) is 332 Å². The first-order valence-electron chi connectivity index (χ1n) is 24.4. The van der Waals surface area contributed by atoms with Crippen molar-refractivity contribution in [1.29, 1.82) is 0 Å². The van der Waals surface area contributed by atoms with E-state index in [1.54, 1.807) is 6.92 Å². The molecule has 4 saturated carbocycles. The van der Waals surface area contributed by atoms with Crippen LogP contribution < -0.4 is 0 Å². The molecule has 8 rings (SSSR count). The van der Waals surface area contributed by atoms with E-state index in [9.17, 15) is 70.9 Å². The molecule has 0 radical (unpaired) electrons. The summed E-state index contributed by atoms with van der Waals surface area (Å²) in [5.41, 5.74) is -2.60. The molecule has 0 amide bonds. The summed E-state index contributed by atoms with van der Waals surface area (Å²) in [6.45, 7) is 13.1. The largest absolute Gasteiger partial charge is 0.479 e. The minimum atomic E-state index is -2.03. The number of hydrogen-bond acceptors (Lipinski definition) is 19. The molecule has 12 N–H and O–H groups in total. The van der Waals surface area contributed by atoms with Gasteiger partial charge in [0.1, 0.15) is 61.0 Å².